The number of anilines is 2. The Labute approximate surface area is 147 Å². The van der Waals surface area contributed by atoms with Crippen LogP contribution in [0.5, 0.6) is 0 Å². The quantitative estimate of drug-likeness (QED) is 0.825. The van der Waals surface area contributed by atoms with Crippen LogP contribution in [0.3, 0.4) is 0 Å². The lowest BCUT2D eigenvalue weighted by atomic mass is 10.3. The van der Waals surface area contributed by atoms with Crippen LogP contribution < -0.4 is 9.80 Å². The summed E-state index contributed by atoms with van der Waals surface area (Å²) in [5.74, 6) is 4.29. The molecule has 0 saturated carbocycles. The van der Waals surface area contributed by atoms with Crippen molar-refractivity contribution in [3.8, 4) is 0 Å². The van der Waals surface area contributed by atoms with Gasteiger partial charge in [-0.1, -0.05) is 0 Å². The molecule has 25 heavy (non-hydrogen) atoms. The van der Waals surface area contributed by atoms with Crippen molar-refractivity contribution in [2.24, 2.45) is 0 Å². The normalized spacial score (nSPS) is 19.0. The van der Waals surface area contributed by atoms with Crippen molar-refractivity contribution in [3.63, 3.8) is 0 Å². The minimum Gasteiger partial charge on any atom is -0.424 e. The third-order valence-corrected chi connectivity index (χ3v) is 4.86. The second-order valence-electron chi connectivity index (χ2n) is 6.80. The van der Waals surface area contributed by atoms with Crippen molar-refractivity contribution < 1.29 is 4.42 Å². The van der Waals surface area contributed by atoms with Crippen LogP contribution in [0.1, 0.15) is 30.4 Å². The highest BCUT2D eigenvalue weighted by molar-refractivity contribution is 5.51. The lowest BCUT2D eigenvalue weighted by Gasteiger charge is -2.35. The third-order valence-electron chi connectivity index (χ3n) is 4.86. The van der Waals surface area contributed by atoms with Crippen LogP contribution in [0.4, 0.5) is 11.6 Å². The summed E-state index contributed by atoms with van der Waals surface area (Å²) >= 11 is 0. The molecule has 4 heterocycles. The Kier molecular flexibility index (Phi) is 4.52. The predicted octanol–water partition coefficient (Wildman–Crippen LogP) is 1.40. The van der Waals surface area contributed by atoms with Gasteiger partial charge in [0.15, 0.2) is 0 Å². The molecule has 0 atom stereocenters. The molecule has 0 spiro atoms. The van der Waals surface area contributed by atoms with E-state index in [4.69, 9.17) is 4.42 Å². The van der Waals surface area contributed by atoms with E-state index in [2.05, 4.69) is 40.9 Å². The lowest BCUT2D eigenvalue weighted by molar-refractivity contribution is 0.224. The van der Waals surface area contributed by atoms with Gasteiger partial charge in [-0.3, -0.25) is 4.90 Å². The molecular formula is C17H25N7O. The Bertz CT molecular complexity index is 718. The monoisotopic (exact) mass is 343 g/mol. The Balaban J connectivity index is 1.40. The molecule has 0 unspecified atom stereocenters. The topological polar surface area (TPSA) is 74.4 Å². The summed E-state index contributed by atoms with van der Waals surface area (Å²) in [5.41, 5.74) is 0. The van der Waals surface area contributed by atoms with E-state index in [-0.39, 0.29) is 0 Å². The smallest absolute Gasteiger partial charge is 0.230 e. The summed E-state index contributed by atoms with van der Waals surface area (Å²) in [7, 11) is 0. The summed E-state index contributed by atoms with van der Waals surface area (Å²) in [4.78, 5) is 16.4. The van der Waals surface area contributed by atoms with E-state index in [0.29, 0.717) is 11.8 Å². The van der Waals surface area contributed by atoms with Gasteiger partial charge in [-0.05, 0) is 19.8 Å². The Morgan fingerprint density at radius 3 is 2.12 bits per heavy atom. The molecule has 2 aromatic rings. The highest BCUT2D eigenvalue weighted by Crippen LogP contribution is 2.23. The van der Waals surface area contributed by atoms with Crippen LogP contribution in [0.15, 0.2) is 10.5 Å². The third kappa shape index (κ3) is 3.73. The fraction of sp³-hybridized carbons (Fsp3) is 0.647. The summed E-state index contributed by atoms with van der Waals surface area (Å²) in [6, 6.07) is 2.15. The van der Waals surface area contributed by atoms with Gasteiger partial charge in [-0.25, -0.2) is 9.97 Å². The van der Waals surface area contributed by atoms with Crippen LogP contribution in [0.2, 0.25) is 0 Å². The highest BCUT2D eigenvalue weighted by Gasteiger charge is 2.22. The minimum atomic E-state index is 0.625. The highest BCUT2D eigenvalue weighted by atomic mass is 16.4. The first-order valence-corrected chi connectivity index (χ1v) is 9.04. The summed E-state index contributed by atoms with van der Waals surface area (Å²) < 4.78 is 5.48. The van der Waals surface area contributed by atoms with Crippen molar-refractivity contribution in [1.82, 2.24) is 25.1 Å². The maximum Gasteiger partial charge on any atom is 0.230 e. The van der Waals surface area contributed by atoms with Gasteiger partial charge in [-0.15, -0.1) is 10.2 Å². The van der Waals surface area contributed by atoms with Gasteiger partial charge in [0, 0.05) is 52.3 Å². The first-order valence-electron chi connectivity index (χ1n) is 9.04. The Morgan fingerprint density at radius 1 is 0.880 bits per heavy atom. The van der Waals surface area contributed by atoms with Crippen molar-refractivity contribution >= 4 is 11.6 Å². The molecule has 0 amide bonds. The van der Waals surface area contributed by atoms with E-state index < -0.39 is 0 Å². The summed E-state index contributed by atoms with van der Waals surface area (Å²) in [5, 5.41) is 7.98. The van der Waals surface area contributed by atoms with E-state index in [0.717, 1.165) is 63.3 Å². The second-order valence-corrected chi connectivity index (χ2v) is 6.80. The van der Waals surface area contributed by atoms with Gasteiger partial charge in [-0.2, -0.15) is 0 Å². The molecule has 134 valence electrons. The fourth-order valence-electron chi connectivity index (χ4n) is 3.53. The first kappa shape index (κ1) is 16.3. The van der Waals surface area contributed by atoms with Crippen molar-refractivity contribution in [2.45, 2.75) is 33.2 Å². The van der Waals surface area contributed by atoms with Crippen LogP contribution in [-0.2, 0) is 6.54 Å². The van der Waals surface area contributed by atoms with Crippen LogP contribution in [0, 0.1) is 13.8 Å². The number of aryl methyl sites for hydroxylation is 2. The molecule has 2 aliphatic rings. The molecule has 0 radical (unpaired) electrons. The summed E-state index contributed by atoms with van der Waals surface area (Å²) in [6.45, 7) is 10.6. The van der Waals surface area contributed by atoms with E-state index in [1.54, 1.807) is 0 Å². The maximum atomic E-state index is 5.48. The van der Waals surface area contributed by atoms with Crippen molar-refractivity contribution in [3.05, 3.63) is 23.7 Å². The average Bonchev–Trinajstić information content (AvgIpc) is 3.27. The Hall–Kier alpha value is -2.22. The number of hydrogen-bond donors (Lipinski definition) is 0. The zero-order valence-corrected chi connectivity index (χ0v) is 15.0. The molecular weight excluding hydrogens is 318 g/mol. The maximum absolute atomic E-state index is 5.48. The number of hydrogen-bond acceptors (Lipinski definition) is 8. The SMILES string of the molecule is Cc1nc(N2CCCC2)cc(N2CCN(Cc3nnc(C)o3)CC2)n1. The predicted molar refractivity (Wildman–Crippen MR) is 94.7 cm³/mol. The number of nitrogens with zero attached hydrogens (tertiary/aromatic N) is 7. The number of rotatable bonds is 4. The van der Waals surface area contributed by atoms with Gasteiger partial charge < -0.3 is 14.2 Å². The zero-order valence-electron chi connectivity index (χ0n) is 15.0. The fourth-order valence-corrected chi connectivity index (χ4v) is 3.53. The van der Waals surface area contributed by atoms with Gasteiger partial charge in [0.25, 0.3) is 0 Å². The molecule has 8 heteroatoms. The van der Waals surface area contributed by atoms with Crippen molar-refractivity contribution in [1.29, 1.82) is 0 Å². The first-order chi connectivity index (χ1) is 12.2. The van der Waals surface area contributed by atoms with E-state index in [9.17, 15) is 0 Å². The van der Waals surface area contributed by atoms with Gasteiger partial charge >= 0.3 is 0 Å². The van der Waals surface area contributed by atoms with Crippen LogP contribution in [0.25, 0.3) is 0 Å². The molecule has 0 aliphatic carbocycles. The molecule has 0 bridgehead atoms. The molecule has 2 aromatic heterocycles. The number of piperazine rings is 1. The summed E-state index contributed by atoms with van der Waals surface area (Å²) in [6.07, 6.45) is 2.51. The molecule has 2 saturated heterocycles. The van der Waals surface area contributed by atoms with E-state index >= 15 is 0 Å². The van der Waals surface area contributed by atoms with E-state index in [1.807, 2.05) is 13.8 Å². The molecule has 2 aliphatic heterocycles. The largest absolute Gasteiger partial charge is 0.424 e. The number of aromatic nitrogens is 4. The average molecular weight is 343 g/mol. The molecule has 2 fully saturated rings. The van der Waals surface area contributed by atoms with E-state index in [1.165, 1.54) is 12.8 Å². The zero-order chi connectivity index (χ0) is 17.2. The minimum absolute atomic E-state index is 0.625. The van der Waals surface area contributed by atoms with Crippen LogP contribution in [-0.4, -0.2) is 64.3 Å². The van der Waals surface area contributed by atoms with Crippen LogP contribution >= 0.6 is 0 Å². The second kappa shape index (κ2) is 6.95. The molecule has 8 nitrogen and oxygen atoms in total. The lowest BCUT2D eigenvalue weighted by Crippen LogP contribution is -2.46. The van der Waals surface area contributed by atoms with Gasteiger partial charge in [0.2, 0.25) is 11.8 Å². The Morgan fingerprint density at radius 2 is 1.52 bits per heavy atom. The van der Waals surface area contributed by atoms with Gasteiger partial charge in [0.05, 0.1) is 6.54 Å². The molecule has 4 rings (SSSR count). The van der Waals surface area contributed by atoms with Gasteiger partial charge in [0.1, 0.15) is 17.5 Å². The van der Waals surface area contributed by atoms with Crippen molar-refractivity contribution in [2.75, 3.05) is 49.1 Å². The molecule has 0 aromatic carbocycles. The molecule has 0 N–H and O–H groups in total. The standard InChI is InChI=1S/C17H25N7O/c1-13-18-15(23-5-3-4-6-23)11-16(19-13)24-9-7-22(8-10-24)12-17-21-20-14(2)25-17/h11H,3-10,12H2,1-2H3.